The lowest BCUT2D eigenvalue weighted by Crippen LogP contribution is -2.32. The van der Waals surface area contributed by atoms with Gasteiger partial charge in [0.25, 0.3) is 0 Å². The zero-order valence-corrected chi connectivity index (χ0v) is 10.5. The molecule has 0 bridgehead atoms. The SMILES string of the molecule is COCC(C)NCCCOC1CCOCC1. The van der Waals surface area contributed by atoms with E-state index in [-0.39, 0.29) is 0 Å². The third kappa shape index (κ3) is 6.43. The maximum atomic E-state index is 5.77. The van der Waals surface area contributed by atoms with Crippen molar-refractivity contribution < 1.29 is 14.2 Å². The minimum absolute atomic E-state index is 0.421. The van der Waals surface area contributed by atoms with Crippen LogP contribution in [-0.4, -0.2) is 52.2 Å². The molecule has 1 unspecified atom stereocenters. The molecule has 0 aromatic rings. The molecular formula is C12H25NO3. The number of hydrogen-bond acceptors (Lipinski definition) is 4. The van der Waals surface area contributed by atoms with Gasteiger partial charge in [0.2, 0.25) is 0 Å². The van der Waals surface area contributed by atoms with E-state index in [1.807, 2.05) is 0 Å². The standard InChI is InChI=1S/C12H25NO3/c1-11(10-14-2)13-6-3-7-16-12-4-8-15-9-5-12/h11-13H,3-10H2,1-2H3. The molecule has 96 valence electrons. The molecule has 0 amide bonds. The lowest BCUT2D eigenvalue weighted by molar-refractivity contribution is -0.0323. The third-order valence-electron chi connectivity index (χ3n) is 2.75. The molecule has 16 heavy (non-hydrogen) atoms. The van der Waals surface area contributed by atoms with Gasteiger partial charge in [0, 0.05) is 33.0 Å². The molecule has 1 rings (SSSR count). The Morgan fingerprint density at radius 1 is 1.38 bits per heavy atom. The Bertz CT molecular complexity index is 160. The van der Waals surface area contributed by atoms with Gasteiger partial charge in [-0.1, -0.05) is 0 Å². The van der Waals surface area contributed by atoms with Crippen molar-refractivity contribution >= 4 is 0 Å². The first-order valence-corrected chi connectivity index (χ1v) is 6.24. The van der Waals surface area contributed by atoms with Crippen molar-refractivity contribution in [1.82, 2.24) is 5.32 Å². The number of hydrogen-bond donors (Lipinski definition) is 1. The first-order chi connectivity index (χ1) is 7.83. The van der Waals surface area contributed by atoms with Gasteiger partial charge < -0.3 is 19.5 Å². The highest BCUT2D eigenvalue weighted by Gasteiger charge is 2.13. The van der Waals surface area contributed by atoms with Crippen molar-refractivity contribution in [3.8, 4) is 0 Å². The summed E-state index contributed by atoms with van der Waals surface area (Å²) in [5, 5.41) is 3.39. The van der Waals surface area contributed by atoms with Gasteiger partial charge in [-0.25, -0.2) is 0 Å². The second-order valence-electron chi connectivity index (χ2n) is 4.35. The maximum absolute atomic E-state index is 5.77. The second-order valence-corrected chi connectivity index (χ2v) is 4.35. The average molecular weight is 231 g/mol. The van der Waals surface area contributed by atoms with Gasteiger partial charge in [0.05, 0.1) is 12.7 Å². The predicted octanol–water partition coefficient (Wildman–Crippen LogP) is 1.20. The van der Waals surface area contributed by atoms with Gasteiger partial charge in [-0.2, -0.15) is 0 Å². The first kappa shape index (κ1) is 13.9. The van der Waals surface area contributed by atoms with Crippen molar-refractivity contribution in [1.29, 1.82) is 0 Å². The second kappa shape index (κ2) is 8.93. The quantitative estimate of drug-likeness (QED) is 0.637. The van der Waals surface area contributed by atoms with Crippen LogP contribution in [0.25, 0.3) is 0 Å². The summed E-state index contributed by atoms with van der Waals surface area (Å²) in [7, 11) is 1.73. The molecule has 1 saturated heterocycles. The fourth-order valence-electron chi connectivity index (χ4n) is 1.82. The van der Waals surface area contributed by atoms with Crippen molar-refractivity contribution in [2.24, 2.45) is 0 Å². The minimum atomic E-state index is 0.421. The van der Waals surface area contributed by atoms with Crippen molar-refractivity contribution in [2.75, 3.05) is 40.1 Å². The van der Waals surface area contributed by atoms with Gasteiger partial charge in [-0.05, 0) is 32.7 Å². The van der Waals surface area contributed by atoms with Crippen LogP contribution in [0.2, 0.25) is 0 Å². The van der Waals surface area contributed by atoms with Gasteiger partial charge >= 0.3 is 0 Å². The normalized spacial score (nSPS) is 19.9. The predicted molar refractivity (Wildman–Crippen MR) is 63.8 cm³/mol. The topological polar surface area (TPSA) is 39.7 Å². The molecular weight excluding hydrogens is 206 g/mol. The summed E-state index contributed by atoms with van der Waals surface area (Å²) in [6.07, 6.45) is 3.58. The fourth-order valence-corrected chi connectivity index (χ4v) is 1.82. The van der Waals surface area contributed by atoms with E-state index in [0.29, 0.717) is 12.1 Å². The zero-order valence-electron chi connectivity index (χ0n) is 10.5. The Kier molecular flexibility index (Phi) is 7.76. The molecule has 1 heterocycles. The van der Waals surface area contributed by atoms with Gasteiger partial charge in [0.1, 0.15) is 0 Å². The van der Waals surface area contributed by atoms with E-state index in [0.717, 1.165) is 52.2 Å². The average Bonchev–Trinajstić information content (AvgIpc) is 2.30. The Morgan fingerprint density at radius 2 is 2.12 bits per heavy atom. The van der Waals surface area contributed by atoms with Crippen LogP contribution in [0.5, 0.6) is 0 Å². The van der Waals surface area contributed by atoms with Crippen molar-refractivity contribution in [2.45, 2.75) is 38.3 Å². The zero-order chi connectivity index (χ0) is 11.6. The molecule has 0 aromatic heterocycles. The van der Waals surface area contributed by atoms with E-state index in [2.05, 4.69) is 12.2 Å². The highest BCUT2D eigenvalue weighted by Crippen LogP contribution is 2.10. The van der Waals surface area contributed by atoms with Crippen LogP contribution in [0.4, 0.5) is 0 Å². The molecule has 4 nitrogen and oxygen atoms in total. The summed E-state index contributed by atoms with van der Waals surface area (Å²) in [6.45, 7) is 6.44. The monoisotopic (exact) mass is 231 g/mol. The summed E-state index contributed by atoms with van der Waals surface area (Å²) in [5.74, 6) is 0. The largest absolute Gasteiger partial charge is 0.383 e. The molecule has 0 spiro atoms. The molecule has 1 aliphatic rings. The van der Waals surface area contributed by atoms with Crippen LogP contribution >= 0.6 is 0 Å². The minimum Gasteiger partial charge on any atom is -0.383 e. The van der Waals surface area contributed by atoms with Crippen LogP contribution in [0.3, 0.4) is 0 Å². The summed E-state index contributed by atoms with van der Waals surface area (Å²) in [6, 6.07) is 0.424. The highest BCUT2D eigenvalue weighted by molar-refractivity contribution is 4.63. The Hall–Kier alpha value is -0.160. The highest BCUT2D eigenvalue weighted by atomic mass is 16.5. The van der Waals surface area contributed by atoms with Crippen LogP contribution in [-0.2, 0) is 14.2 Å². The van der Waals surface area contributed by atoms with E-state index in [4.69, 9.17) is 14.2 Å². The maximum Gasteiger partial charge on any atom is 0.0619 e. The fraction of sp³-hybridized carbons (Fsp3) is 1.00. The van der Waals surface area contributed by atoms with Gasteiger partial charge in [0.15, 0.2) is 0 Å². The summed E-state index contributed by atoms with van der Waals surface area (Å²) >= 11 is 0. The van der Waals surface area contributed by atoms with E-state index in [9.17, 15) is 0 Å². The Morgan fingerprint density at radius 3 is 2.81 bits per heavy atom. The lowest BCUT2D eigenvalue weighted by Gasteiger charge is -2.22. The summed E-state index contributed by atoms with van der Waals surface area (Å²) in [5.41, 5.74) is 0. The lowest BCUT2D eigenvalue weighted by atomic mass is 10.1. The Labute approximate surface area is 98.6 Å². The number of nitrogens with one attached hydrogen (secondary N) is 1. The molecule has 0 aliphatic carbocycles. The van der Waals surface area contributed by atoms with Gasteiger partial charge in [-0.3, -0.25) is 0 Å². The van der Waals surface area contributed by atoms with E-state index in [1.165, 1.54) is 0 Å². The van der Waals surface area contributed by atoms with Crippen molar-refractivity contribution in [3.63, 3.8) is 0 Å². The number of rotatable bonds is 8. The van der Waals surface area contributed by atoms with Crippen molar-refractivity contribution in [3.05, 3.63) is 0 Å². The molecule has 0 radical (unpaired) electrons. The van der Waals surface area contributed by atoms with E-state index >= 15 is 0 Å². The number of ether oxygens (including phenoxy) is 3. The molecule has 1 aliphatic heterocycles. The third-order valence-corrected chi connectivity index (χ3v) is 2.75. The smallest absolute Gasteiger partial charge is 0.0619 e. The Balaban J connectivity index is 1.87. The first-order valence-electron chi connectivity index (χ1n) is 6.24. The summed E-state index contributed by atoms with van der Waals surface area (Å²) in [4.78, 5) is 0. The number of methoxy groups -OCH3 is 1. The molecule has 0 saturated carbocycles. The van der Waals surface area contributed by atoms with Crippen LogP contribution in [0.1, 0.15) is 26.2 Å². The van der Waals surface area contributed by atoms with E-state index < -0.39 is 0 Å². The molecule has 1 N–H and O–H groups in total. The van der Waals surface area contributed by atoms with E-state index in [1.54, 1.807) is 7.11 Å². The molecule has 1 fully saturated rings. The van der Waals surface area contributed by atoms with Gasteiger partial charge in [-0.15, -0.1) is 0 Å². The molecule has 1 atom stereocenters. The summed E-state index contributed by atoms with van der Waals surface area (Å²) < 4.78 is 16.1. The van der Waals surface area contributed by atoms with Crippen LogP contribution < -0.4 is 5.32 Å². The molecule has 4 heteroatoms. The van der Waals surface area contributed by atoms with Crippen LogP contribution in [0.15, 0.2) is 0 Å². The molecule has 0 aromatic carbocycles. The van der Waals surface area contributed by atoms with Crippen LogP contribution in [0, 0.1) is 0 Å².